The lowest BCUT2D eigenvalue weighted by Gasteiger charge is -2.37. The van der Waals surface area contributed by atoms with Gasteiger partial charge in [-0.25, -0.2) is 12.7 Å². The van der Waals surface area contributed by atoms with Gasteiger partial charge in [-0.15, -0.1) is 0 Å². The zero-order valence-corrected chi connectivity index (χ0v) is 17.9. The molecule has 1 aromatic rings. The van der Waals surface area contributed by atoms with Crippen LogP contribution in [0.1, 0.15) is 44.6 Å². The van der Waals surface area contributed by atoms with Gasteiger partial charge in [0.1, 0.15) is 5.75 Å². The van der Waals surface area contributed by atoms with E-state index in [1.165, 1.54) is 17.1 Å². The summed E-state index contributed by atoms with van der Waals surface area (Å²) >= 11 is 6.59. The second-order valence-electron chi connectivity index (χ2n) is 7.89. The predicted octanol–water partition coefficient (Wildman–Crippen LogP) is 3.76. The summed E-state index contributed by atoms with van der Waals surface area (Å²) in [7, 11) is -1.44. The molecule has 1 heterocycles. The first-order valence-electron chi connectivity index (χ1n) is 9.99. The Morgan fingerprint density at radius 3 is 2.63 bits per heavy atom. The Kier molecular flexibility index (Phi) is 7.06. The minimum atomic E-state index is -3.12. The van der Waals surface area contributed by atoms with E-state index < -0.39 is 10.0 Å². The first-order valence-corrected chi connectivity index (χ1v) is 12.0. The van der Waals surface area contributed by atoms with Crippen molar-refractivity contribution in [3.05, 3.63) is 28.8 Å². The van der Waals surface area contributed by atoms with E-state index in [-0.39, 0.29) is 11.9 Å². The molecule has 1 saturated carbocycles. The molecule has 7 heteroatoms. The predicted molar refractivity (Wildman–Crippen MR) is 110 cm³/mol. The van der Waals surface area contributed by atoms with Crippen molar-refractivity contribution in [2.45, 2.75) is 51.7 Å². The summed E-state index contributed by atoms with van der Waals surface area (Å²) in [6, 6.07) is 6.01. The summed E-state index contributed by atoms with van der Waals surface area (Å²) in [6.45, 7) is 5.62. The van der Waals surface area contributed by atoms with Crippen LogP contribution >= 0.6 is 11.6 Å². The summed E-state index contributed by atoms with van der Waals surface area (Å²) in [5.74, 6) is 1.33. The summed E-state index contributed by atoms with van der Waals surface area (Å²) in [5.41, 5.74) is 1.12. The minimum absolute atomic E-state index is 0.122. The van der Waals surface area contributed by atoms with Crippen LogP contribution in [-0.4, -0.2) is 56.2 Å². The van der Waals surface area contributed by atoms with E-state index in [1.54, 1.807) is 7.05 Å². The number of sulfonamides is 1. The highest BCUT2D eigenvalue weighted by Crippen LogP contribution is 2.36. The molecule has 0 unspecified atom stereocenters. The Morgan fingerprint density at radius 1 is 1.26 bits per heavy atom. The Morgan fingerprint density at radius 2 is 1.96 bits per heavy atom. The van der Waals surface area contributed by atoms with Gasteiger partial charge >= 0.3 is 0 Å². The molecule has 152 valence electrons. The quantitative estimate of drug-likeness (QED) is 0.617. The van der Waals surface area contributed by atoms with Gasteiger partial charge in [-0.05, 0) is 62.7 Å². The highest BCUT2D eigenvalue weighted by Gasteiger charge is 2.34. The van der Waals surface area contributed by atoms with Gasteiger partial charge in [-0.3, -0.25) is 4.90 Å². The maximum Gasteiger partial charge on any atom is 0.213 e. The van der Waals surface area contributed by atoms with Gasteiger partial charge in [0.05, 0.1) is 16.9 Å². The van der Waals surface area contributed by atoms with Crippen LogP contribution in [-0.2, 0) is 16.6 Å². The zero-order valence-electron chi connectivity index (χ0n) is 16.4. The van der Waals surface area contributed by atoms with Crippen molar-refractivity contribution in [1.82, 2.24) is 9.21 Å². The molecule has 0 atom stereocenters. The fraction of sp³-hybridized carbons (Fsp3) is 0.700. The Hall–Kier alpha value is -0.820. The molecular weight excluding hydrogens is 384 g/mol. The standard InChI is InChI=1S/C20H31ClN2O3S/c1-3-11-27(24,25)22(2)14-16-12-18(13-16)26-19-8-6-7-17(20(19)21)15-23-9-4-5-10-23/h6-8,16,18H,3-5,9-15H2,1-2H3. The fourth-order valence-corrected chi connectivity index (χ4v) is 5.44. The maximum atomic E-state index is 12.1. The molecule has 0 aromatic heterocycles. The molecule has 1 aliphatic heterocycles. The van der Waals surface area contributed by atoms with Gasteiger partial charge < -0.3 is 4.74 Å². The molecular formula is C20H31ClN2O3S. The largest absolute Gasteiger partial charge is 0.489 e. The zero-order chi connectivity index (χ0) is 19.4. The monoisotopic (exact) mass is 414 g/mol. The van der Waals surface area contributed by atoms with Gasteiger partial charge in [0, 0.05) is 20.1 Å². The van der Waals surface area contributed by atoms with Crippen molar-refractivity contribution in [3.63, 3.8) is 0 Å². The van der Waals surface area contributed by atoms with Crippen LogP contribution in [0, 0.1) is 5.92 Å². The van der Waals surface area contributed by atoms with Gasteiger partial charge in [0.15, 0.2) is 0 Å². The lowest BCUT2D eigenvalue weighted by molar-refractivity contribution is 0.0575. The van der Waals surface area contributed by atoms with Crippen molar-refractivity contribution in [1.29, 1.82) is 0 Å². The number of benzene rings is 1. The van der Waals surface area contributed by atoms with Crippen LogP contribution in [0.3, 0.4) is 0 Å². The molecule has 2 fully saturated rings. The van der Waals surface area contributed by atoms with E-state index in [0.717, 1.165) is 48.8 Å². The van der Waals surface area contributed by atoms with Crippen LogP contribution in [0.25, 0.3) is 0 Å². The molecule has 0 amide bonds. The number of hydrogen-bond acceptors (Lipinski definition) is 4. The number of rotatable bonds is 9. The Labute approximate surface area is 168 Å². The van der Waals surface area contributed by atoms with Gasteiger partial charge in [0.25, 0.3) is 0 Å². The highest BCUT2D eigenvalue weighted by atomic mass is 35.5. The highest BCUT2D eigenvalue weighted by molar-refractivity contribution is 7.89. The van der Waals surface area contributed by atoms with Crippen LogP contribution in [0.5, 0.6) is 5.75 Å². The van der Waals surface area contributed by atoms with Gasteiger partial charge in [-0.1, -0.05) is 30.7 Å². The van der Waals surface area contributed by atoms with Crippen molar-refractivity contribution < 1.29 is 13.2 Å². The summed E-state index contributed by atoms with van der Waals surface area (Å²) in [5, 5.41) is 0.718. The first-order chi connectivity index (χ1) is 12.9. The molecule has 27 heavy (non-hydrogen) atoms. The van der Waals surface area contributed by atoms with E-state index >= 15 is 0 Å². The summed E-state index contributed by atoms with van der Waals surface area (Å²) in [6.07, 6.45) is 5.04. The number of hydrogen-bond donors (Lipinski definition) is 0. The normalized spacial score (nSPS) is 23.6. The van der Waals surface area contributed by atoms with Crippen LogP contribution in [0.15, 0.2) is 18.2 Å². The van der Waals surface area contributed by atoms with E-state index in [2.05, 4.69) is 11.0 Å². The lowest BCUT2D eigenvalue weighted by Crippen LogP contribution is -2.42. The fourth-order valence-electron chi connectivity index (χ4n) is 3.94. The third-order valence-electron chi connectivity index (χ3n) is 5.57. The minimum Gasteiger partial charge on any atom is -0.489 e. The lowest BCUT2D eigenvalue weighted by atomic mass is 9.82. The molecule has 0 bridgehead atoms. The molecule has 0 N–H and O–H groups in total. The Balaban J connectivity index is 1.50. The average molecular weight is 415 g/mol. The van der Waals surface area contributed by atoms with E-state index in [4.69, 9.17) is 16.3 Å². The van der Waals surface area contributed by atoms with Crippen LogP contribution in [0.2, 0.25) is 5.02 Å². The molecule has 1 saturated heterocycles. The summed E-state index contributed by atoms with van der Waals surface area (Å²) in [4.78, 5) is 2.43. The smallest absolute Gasteiger partial charge is 0.213 e. The third-order valence-corrected chi connectivity index (χ3v) is 8.03. The topological polar surface area (TPSA) is 49.9 Å². The number of likely N-dealkylation sites (tertiary alicyclic amines) is 1. The van der Waals surface area contributed by atoms with E-state index in [9.17, 15) is 8.42 Å². The van der Waals surface area contributed by atoms with Crippen LogP contribution in [0.4, 0.5) is 0 Å². The van der Waals surface area contributed by atoms with E-state index in [0.29, 0.717) is 18.9 Å². The molecule has 2 aliphatic rings. The molecule has 1 aliphatic carbocycles. The van der Waals surface area contributed by atoms with Crippen molar-refractivity contribution >= 4 is 21.6 Å². The average Bonchev–Trinajstić information content (AvgIpc) is 3.09. The van der Waals surface area contributed by atoms with Gasteiger partial charge in [-0.2, -0.15) is 0 Å². The second-order valence-corrected chi connectivity index (χ2v) is 10.5. The Bertz CT molecular complexity index is 729. The van der Waals surface area contributed by atoms with Gasteiger partial charge in [0.2, 0.25) is 10.0 Å². The SMILES string of the molecule is CCCS(=O)(=O)N(C)CC1CC(Oc2cccc(CN3CCCC3)c2Cl)C1. The summed E-state index contributed by atoms with van der Waals surface area (Å²) < 4.78 is 31.8. The molecule has 0 radical (unpaired) electrons. The molecule has 3 rings (SSSR count). The van der Waals surface area contributed by atoms with E-state index in [1.807, 2.05) is 19.1 Å². The second kappa shape index (κ2) is 9.12. The third kappa shape index (κ3) is 5.37. The number of halogens is 1. The molecule has 1 aromatic carbocycles. The maximum absolute atomic E-state index is 12.1. The number of nitrogens with zero attached hydrogens (tertiary/aromatic N) is 2. The molecule has 5 nitrogen and oxygen atoms in total. The number of ether oxygens (including phenoxy) is 1. The van der Waals surface area contributed by atoms with Crippen molar-refractivity contribution in [2.24, 2.45) is 5.92 Å². The molecule has 0 spiro atoms. The van der Waals surface area contributed by atoms with Crippen molar-refractivity contribution in [2.75, 3.05) is 32.4 Å². The van der Waals surface area contributed by atoms with Crippen LogP contribution < -0.4 is 4.74 Å². The van der Waals surface area contributed by atoms with Crippen molar-refractivity contribution in [3.8, 4) is 5.75 Å². The first kappa shape index (κ1) is 20.9.